The predicted octanol–water partition coefficient (Wildman–Crippen LogP) is 3.66. The van der Waals surface area contributed by atoms with Crippen molar-refractivity contribution >= 4 is 18.1 Å². The van der Waals surface area contributed by atoms with E-state index in [1.807, 2.05) is 30.3 Å². The number of aromatic nitrogens is 2. The summed E-state index contributed by atoms with van der Waals surface area (Å²) in [5.41, 5.74) is 4.88. The molecule has 2 aromatic heterocycles. The van der Waals surface area contributed by atoms with Gasteiger partial charge in [-0.15, -0.1) is 0 Å². The highest BCUT2D eigenvalue weighted by molar-refractivity contribution is 5.94. The Morgan fingerprint density at radius 2 is 1.91 bits per heavy atom. The number of ether oxygens (including phenoxy) is 2. The number of carbonyl (C=O) groups is 2. The van der Waals surface area contributed by atoms with Crippen molar-refractivity contribution in [2.24, 2.45) is 5.10 Å². The molecule has 2 aromatic carbocycles. The molecule has 32 heavy (non-hydrogen) atoms. The van der Waals surface area contributed by atoms with Gasteiger partial charge in [-0.05, 0) is 42.0 Å². The Labute approximate surface area is 182 Å². The molecule has 0 spiro atoms. The topological polar surface area (TPSA) is 119 Å². The first-order chi connectivity index (χ1) is 15.6. The number of furan rings is 1. The number of hydrogen-bond donors (Lipinski definition) is 2. The number of nitrogens with zero attached hydrogens (tertiary/aromatic N) is 2. The maximum Gasteiger partial charge on any atom is 0.379 e. The van der Waals surface area contributed by atoms with E-state index in [4.69, 9.17) is 13.9 Å². The van der Waals surface area contributed by atoms with E-state index in [0.717, 1.165) is 5.56 Å². The molecule has 0 radical (unpaired) electrons. The van der Waals surface area contributed by atoms with Crippen LogP contribution in [0.5, 0.6) is 11.5 Å². The third-order valence-electron chi connectivity index (χ3n) is 4.38. The molecular weight excluding hydrogens is 412 g/mol. The van der Waals surface area contributed by atoms with E-state index in [2.05, 4.69) is 20.7 Å². The second kappa shape index (κ2) is 9.43. The fourth-order valence-corrected chi connectivity index (χ4v) is 2.81. The molecule has 0 aliphatic rings. The monoisotopic (exact) mass is 430 g/mol. The summed E-state index contributed by atoms with van der Waals surface area (Å²) in [4.78, 5) is 24.4. The van der Waals surface area contributed by atoms with Crippen LogP contribution in [0.3, 0.4) is 0 Å². The summed E-state index contributed by atoms with van der Waals surface area (Å²) in [6, 6.07) is 19.1. The van der Waals surface area contributed by atoms with Crippen molar-refractivity contribution in [3.8, 4) is 22.8 Å². The van der Waals surface area contributed by atoms with Crippen molar-refractivity contribution in [2.45, 2.75) is 0 Å². The van der Waals surface area contributed by atoms with Crippen LogP contribution in [0.1, 0.15) is 26.6 Å². The number of nitrogens with one attached hydrogen (secondary N) is 2. The van der Waals surface area contributed by atoms with Crippen molar-refractivity contribution < 1.29 is 23.5 Å². The Kier molecular flexibility index (Phi) is 6.08. The Morgan fingerprint density at radius 1 is 1.06 bits per heavy atom. The zero-order valence-corrected chi connectivity index (χ0v) is 16.9. The SMILES string of the molecule is COc1cc(/C=N/NC(=O)c2cc(-c3ccccc3)n[nH]2)ccc1OC(=O)c1ccco1. The molecule has 4 rings (SSSR count). The van der Waals surface area contributed by atoms with Crippen molar-refractivity contribution in [1.29, 1.82) is 0 Å². The largest absolute Gasteiger partial charge is 0.493 e. The standard InChI is InChI=1S/C23H18N4O5/c1-30-21-12-15(9-10-19(21)32-23(29)20-8-5-11-31-20)14-24-27-22(28)18-13-17(25-26-18)16-6-3-2-4-7-16/h2-14H,1H3,(H,25,26)(H,27,28)/b24-14+. The van der Waals surface area contributed by atoms with Gasteiger partial charge in [0, 0.05) is 5.56 Å². The Bertz CT molecular complexity index is 1250. The van der Waals surface area contributed by atoms with Crippen LogP contribution in [0.25, 0.3) is 11.3 Å². The Hall–Kier alpha value is -4.66. The lowest BCUT2D eigenvalue weighted by Gasteiger charge is -2.08. The van der Waals surface area contributed by atoms with Gasteiger partial charge in [0.05, 0.1) is 25.3 Å². The third kappa shape index (κ3) is 4.73. The zero-order chi connectivity index (χ0) is 22.3. The van der Waals surface area contributed by atoms with Crippen molar-refractivity contribution in [3.63, 3.8) is 0 Å². The van der Waals surface area contributed by atoms with Gasteiger partial charge in [-0.25, -0.2) is 10.2 Å². The van der Waals surface area contributed by atoms with E-state index >= 15 is 0 Å². The summed E-state index contributed by atoms with van der Waals surface area (Å²) in [5.74, 6) is -0.458. The van der Waals surface area contributed by atoms with E-state index in [0.29, 0.717) is 17.0 Å². The van der Waals surface area contributed by atoms with Crippen molar-refractivity contribution in [1.82, 2.24) is 15.6 Å². The Balaban J connectivity index is 1.39. The average Bonchev–Trinajstić information content (AvgIpc) is 3.53. The highest BCUT2D eigenvalue weighted by Gasteiger charge is 2.15. The van der Waals surface area contributed by atoms with Crippen LogP contribution in [0.4, 0.5) is 0 Å². The van der Waals surface area contributed by atoms with Crippen LogP contribution in [-0.2, 0) is 0 Å². The van der Waals surface area contributed by atoms with Gasteiger partial charge in [-0.3, -0.25) is 9.89 Å². The summed E-state index contributed by atoms with van der Waals surface area (Å²) in [6.45, 7) is 0. The molecule has 1 amide bonds. The van der Waals surface area contributed by atoms with Gasteiger partial charge >= 0.3 is 5.97 Å². The van der Waals surface area contributed by atoms with Crippen LogP contribution >= 0.6 is 0 Å². The van der Waals surface area contributed by atoms with Gasteiger partial charge in [-0.1, -0.05) is 30.3 Å². The fraction of sp³-hybridized carbons (Fsp3) is 0.0435. The number of methoxy groups -OCH3 is 1. The molecule has 2 heterocycles. The summed E-state index contributed by atoms with van der Waals surface area (Å²) in [7, 11) is 1.45. The number of esters is 1. The summed E-state index contributed by atoms with van der Waals surface area (Å²) in [6.07, 6.45) is 2.82. The van der Waals surface area contributed by atoms with Gasteiger partial charge < -0.3 is 13.9 Å². The number of carbonyl (C=O) groups excluding carboxylic acids is 2. The molecule has 0 aliphatic carbocycles. The number of hydrazone groups is 1. The van der Waals surface area contributed by atoms with Gasteiger partial charge in [0.15, 0.2) is 11.5 Å². The number of aromatic amines is 1. The van der Waals surface area contributed by atoms with E-state index in [9.17, 15) is 9.59 Å². The first-order valence-corrected chi connectivity index (χ1v) is 9.52. The summed E-state index contributed by atoms with van der Waals surface area (Å²) >= 11 is 0. The fourth-order valence-electron chi connectivity index (χ4n) is 2.81. The number of rotatable bonds is 7. The average molecular weight is 430 g/mol. The van der Waals surface area contributed by atoms with Gasteiger partial charge in [-0.2, -0.15) is 10.2 Å². The molecule has 0 aliphatic heterocycles. The van der Waals surface area contributed by atoms with E-state index in [1.54, 1.807) is 30.3 Å². The summed E-state index contributed by atoms with van der Waals surface area (Å²) < 4.78 is 15.6. The number of amides is 1. The van der Waals surface area contributed by atoms with Crippen LogP contribution in [0.2, 0.25) is 0 Å². The van der Waals surface area contributed by atoms with Gasteiger partial charge in [0.25, 0.3) is 5.91 Å². The first kappa shape index (κ1) is 20.6. The zero-order valence-electron chi connectivity index (χ0n) is 16.9. The van der Waals surface area contributed by atoms with Gasteiger partial charge in [0.1, 0.15) is 5.69 Å². The third-order valence-corrected chi connectivity index (χ3v) is 4.38. The lowest BCUT2D eigenvalue weighted by atomic mass is 10.1. The molecule has 9 nitrogen and oxygen atoms in total. The number of H-pyrrole nitrogens is 1. The second-order valence-electron chi connectivity index (χ2n) is 6.51. The lowest BCUT2D eigenvalue weighted by molar-refractivity contribution is 0.0696. The normalized spacial score (nSPS) is 10.8. The molecule has 2 N–H and O–H groups in total. The predicted molar refractivity (Wildman–Crippen MR) is 116 cm³/mol. The highest BCUT2D eigenvalue weighted by atomic mass is 16.6. The molecule has 0 saturated carbocycles. The van der Waals surface area contributed by atoms with E-state index < -0.39 is 11.9 Å². The number of benzene rings is 2. The quantitative estimate of drug-likeness (QED) is 0.200. The minimum Gasteiger partial charge on any atom is -0.493 e. The van der Waals surface area contributed by atoms with Crippen molar-refractivity contribution in [3.05, 3.63) is 90.0 Å². The molecule has 0 unspecified atom stereocenters. The van der Waals surface area contributed by atoms with E-state index in [-0.39, 0.29) is 17.2 Å². The molecular formula is C23H18N4O5. The second-order valence-corrected chi connectivity index (χ2v) is 6.51. The maximum atomic E-state index is 12.3. The smallest absolute Gasteiger partial charge is 0.379 e. The minimum atomic E-state index is -0.642. The molecule has 160 valence electrons. The molecule has 9 heteroatoms. The van der Waals surface area contributed by atoms with Crippen LogP contribution in [-0.4, -0.2) is 35.4 Å². The summed E-state index contributed by atoms with van der Waals surface area (Å²) in [5, 5.41) is 10.8. The Morgan fingerprint density at radius 3 is 2.66 bits per heavy atom. The lowest BCUT2D eigenvalue weighted by Crippen LogP contribution is -2.18. The highest BCUT2D eigenvalue weighted by Crippen LogP contribution is 2.28. The van der Waals surface area contributed by atoms with Crippen LogP contribution in [0.15, 0.2) is 82.5 Å². The first-order valence-electron chi connectivity index (χ1n) is 9.52. The van der Waals surface area contributed by atoms with E-state index in [1.165, 1.54) is 25.7 Å². The molecule has 4 aromatic rings. The minimum absolute atomic E-state index is 0.0784. The van der Waals surface area contributed by atoms with Crippen molar-refractivity contribution in [2.75, 3.05) is 7.11 Å². The van der Waals surface area contributed by atoms with Crippen LogP contribution < -0.4 is 14.9 Å². The molecule has 0 atom stereocenters. The van der Waals surface area contributed by atoms with Crippen LogP contribution in [0, 0.1) is 0 Å². The molecule has 0 fully saturated rings. The molecule has 0 bridgehead atoms. The maximum absolute atomic E-state index is 12.3. The van der Waals surface area contributed by atoms with Gasteiger partial charge in [0.2, 0.25) is 5.76 Å². The molecule has 0 saturated heterocycles. The number of hydrogen-bond acceptors (Lipinski definition) is 7.